The topological polar surface area (TPSA) is 80.9 Å². The molecule has 1 N–H and O–H groups in total. The number of hydrogen-bond donors (Lipinski definition) is 1. The average molecular weight is 190 g/mol. The predicted octanol–water partition coefficient (Wildman–Crippen LogP) is 0.360. The Bertz CT molecular complexity index is 435. The molecule has 0 bridgehead atoms. The van der Waals surface area contributed by atoms with Gasteiger partial charge in [0.2, 0.25) is 0 Å². The summed E-state index contributed by atoms with van der Waals surface area (Å²) in [5.74, 6) is -1.05. The first kappa shape index (κ1) is 8.36. The molecular formula is C8H6N4O2. The SMILES string of the molecule is O=C(O)c1ccc(-n2cncn2)cn1. The summed E-state index contributed by atoms with van der Waals surface area (Å²) in [5.41, 5.74) is 0.682. The lowest BCUT2D eigenvalue weighted by molar-refractivity contribution is 0.0690. The van der Waals surface area contributed by atoms with Crippen molar-refractivity contribution in [2.45, 2.75) is 0 Å². The summed E-state index contributed by atoms with van der Waals surface area (Å²) < 4.78 is 1.50. The molecule has 70 valence electrons. The maximum absolute atomic E-state index is 10.5. The first-order valence-corrected chi connectivity index (χ1v) is 3.82. The number of aromatic nitrogens is 4. The number of hydrogen-bond acceptors (Lipinski definition) is 4. The highest BCUT2D eigenvalue weighted by atomic mass is 16.4. The van der Waals surface area contributed by atoms with Crippen molar-refractivity contribution in [3.8, 4) is 5.69 Å². The van der Waals surface area contributed by atoms with Crippen LogP contribution in [0.15, 0.2) is 31.0 Å². The summed E-state index contributed by atoms with van der Waals surface area (Å²) in [5, 5.41) is 12.5. The van der Waals surface area contributed by atoms with Gasteiger partial charge < -0.3 is 5.11 Å². The Morgan fingerprint density at radius 2 is 2.29 bits per heavy atom. The van der Waals surface area contributed by atoms with Gasteiger partial charge in [0.15, 0.2) is 0 Å². The van der Waals surface area contributed by atoms with Crippen molar-refractivity contribution in [1.29, 1.82) is 0 Å². The van der Waals surface area contributed by atoms with Crippen LogP contribution in [0.5, 0.6) is 0 Å². The Balaban J connectivity index is 2.36. The summed E-state index contributed by atoms with van der Waals surface area (Å²) in [6, 6.07) is 3.03. The molecule has 0 aliphatic carbocycles. The van der Waals surface area contributed by atoms with E-state index in [2.05, 4.69) is 15.1 Å². The largest absolute Gasteiger partial charge is 0.477 e. The summed E-state index contributed by atoms with van der Waals surface area (Å²) >= 11 is 0. The van der Waals surface area contributed by atoms with E-state index in [0.29, 0.717) is 5.69 Å². The van der Waals surface area contributed by atoms with Crippen LogP contribution in [0.1, 0.15) is 10.5 Å². The van der Waals surface area contributed by atoms with E-state index in [9.17, 15) is 4.79 Å². The van der Waals surface area contributed by atoms with Crippen LogP contribution in [-0.4, -0.2) is 30.8 Å². The fourth-order valence-corrected chi connectivity index (χ4v) is 0.990. The van der Waals surface area contributed by atoms with Gasteiger partial charge in [0, 0.05) is 0 Å². The Morgan fingerprint density at radius 3 is 2.79 bits per heavy atom. The number of carbonyl (C=O) groups is 1. The van der Waals surface area contributed by atoms with Crippen LogP contribution in [-0.2, 0) is 0 Å². The van der Waals surface area contributed by atoms with Crippen LogP contribution in [0.3, 0.4) is 0 Å². The maximum atomic E-state index is 10.5. The van der Waals surface area contributed by atoms with E-state index < -0.39 is 5.97 Å². The minimum atomic E-state index is -1.05. The number of rotatable bonds is 2. The molecule has 0 saturated carbocycles. The van der Waals surface area contributed by atoms with E-state index in [1.807, 2.05) is 0 Å². The first-order chi connectivity index (χ1) is 6.77. The smallest absolute Gasteiger partial charge is 0.354 e. The minimum absolute atomic E-state index is 0.00821. The predicted molar refractivity (Wildman–Crippen MR) is 46.1 cm³/mol. The van der Waals surface area contributed by atoms with Gasteiger partial charge in [-0.2, -0.15) is 5.10 Å². The van der Waals surface area contributed by atoms with Gasteiger partial charge in [0.05, 0.1) is 11.9 Å². The average Bonchev–Trinajstić information content (AvgIpc) is 2.71. The van der Waals surface area contributed by atoms with Gasteiger partial charge in [0.25, 0.3) is 0 Å². The molecule has 2 aromatic rings. The maximum Gasteiger partial charge on any atom is 0.354 e. The second kappa shape index (κ2) is 3.25. The fourth-order valence-electron chi connectivity index (χ4n) is 0.990. The molecule has 14 heavy (non-hydrogen) atoms. The van der Waals surface area contributed by atoms with Crippen molar-refractivity contribution in [1.82, 2.24) is 19.7 Å². The highest BCUT2D eigenvalue weighted by Crippen LogP contribution is 2.04. The van der Waals surface area contributed by atoms with Crippen molar-refractivity contribution < 1.29 is 9.90 Å². The zero-order chi connectivity index (χ0) is 9.97. The molecule has 0 atom stereocenters. The lowest BCUT2D eigenvalue weighted by atomic mass is 10.3. The second-order valence-corrected chi connectivity index (χ2v) is 2.55. The number of pyridine rings is 1. The van der Waals surface area contributed by atoms with Crippen LogP contribution in [0, 0.1) is 0 Å². The van der Waals surface area contributed by atoms with Gasteiger partial charge >= 0.3 is 5.97 Å². The summed E-state index contributed by atoms with van der Waals surface area (Å²) in [4.78, 5) is 18.0. The van der Waals surface area contributed by atoms with Crippen LogP contribution >= 0.6 is 0 Å². The van der Waals surface area contributed by atoms with Crippen LogP contribution in [0.2, 0.25) is 0 Å². The monoisotopic (exact) mass is 190 g/mol. The van der Waals surface area contributed by atoms with Gasteiger partial charge in [-0.3, -0.25) is 0 Å². The van der Waals surface area contributed by atoms with Crippen molar-refractivity contribution in [2.75, 3.05) is 0 Å². The summed E-state index contributed by atoms with van der Waals surface area (Å²) in [6.45, 7) is 0. The lowest BCUT2D eigenvalue weighted by Crippen LogP contribution is -2.01. The third-order valence-electron chi connectivity index (χ3n) is 1.65. The van der Waals surface area contributed by atoms with Crippen molar-refractivity contribution in [3.63, 3.8) is 0 Å². The Labute approximate surface area is 78.9 Å². The molecule has 2 rings (SSSR count). The molecule has 0 radical (unpaired) electrons. The van der Waals surface area contributed by atoms with Gasteiger partial charge in [-0.15, -0.1) is 0 Å². The second-order valence-electron chi connectivity index (χ2n) is 2.55. The van der Waals surface area contributed by atoms with Crippen molar-refractivity contribution in [3.05, 3.63) is 36.7 Å². The highest BCUT2D eigenvalue weighted by molar-refractivity contribution is 5.85. The van der Waals surface area contributed by atoms with Gasteiger partial charge in [0.1, 0.15) is 18.3 Å². The van der Waals surface area contributed by atoms with Crippen LogP contribution in [0.25, 0.3) is 5.69 Å². The number of aromatic carboxylic acids is 1. The van der Waals surface area contributed by atoms with E-state index in [1.54, 1.807) is 6.07 Å². The third-order valence-corrected chi connectivity index (χ3v) is 1.65. The highest BCUT2D eigenvalue weighted by Gasteiger charge is 2.04. The van der Waals surface area contributed by atoms with E-state index >= 15 is 0 Å². The Kier molecular flexibility index (Phi) is 1.94. The molecule has 0 aliphatic rings. The Hall–Kier alpha value is -2.24. The van der Waals surface area contributed by atoms with Gasteiger partial charge in [-0.05, 0) is 12.1 Å². The van der Waals surface area contributed by atoms with Crippen molar-refractivity contribution in [2.24, 2.45) is 0 Å². The molecular weight excluding hydrogens is 184 g/mol. The first-order valence-electron chi connectivity index (χ1n) is 3.82. The van der Waals surface area contributed by atoms with E-state index in [-0.39, 0.29) is 5.69 Å². The summed E-state index contributed by atoms with van der Waals surface area (Å²) in [7, 11) is 0. The summed E-state index contributed by atoms with van der Waals surface area (Å²) in [6.07, 6.45) is 4.33. The molecule has 2 heterocycles. The molecule has 0 fully saturated rings. The van der Waals surface area contributed by atoms with Crippen LogP contribution < -0.4 is 0 Å². The normalized spacial score (nSPS) is 10.0. The number of carboxylic acids is 1. The van der Waals surface area contributed by atoms with E-state index in [4.69, 9.17) is 5.11 Å². The number of carboxylic acid groups (broad SMARTS) is 1. The standard InChI is InChI=1S/C8H6N4O2/c13-8(14)7-2-1-6(3-10-7)12-5-9-4-11-12/h1-5H,(H,13,14). The van der Waals surface area contributed by atoms with Gasteiger partial charge in [-0.1, -0.05) is 0 Å². The molecule has 0 saturated heterocycles. The third kappa shape index (κ3) is 1.45. The number of nitrogens with zero attached hydrogens (tertiary/aromatic N) is 4. The molecule has 0 amide bonds. The zero-order valence-electron chi connectivity index (χ0n) is 7.03. The molecule has 0 aliphatic heterocycles. The molecule has 0 aromatic carbocycles. The minimum Gasteiger partial charge on any atom is -0.477 e. The van der Waals surface area contributed by atoms with E-state index in [0.717, 1.165) is 0 Å². The molecule has 0 unspecified atom stereocenters. The molecule has 2 aromatic heterocycles. The van der Waals surface area contributed by atoms with E-state index in [1.165, 1.54) is 29.6 Å². The fraction of sp³-hybridized carbons (Fsp3) is 0. The van der Waals surface area contributed by atoms with Crippen LogP contribution in [0.4, 0.5) is 0 Å². The lowest BCUT2D eigenvalue weighted by Gasteiger charge is -1.98. The molecule has 0 spiro atoms. The molecule has 6 nitrogen and oxygen atoms in total. The quantitative estimate of drug-likeness (QED) is 0.739. The zero-order valence-corrected chi connectivity index (χ0v) is 7.03. The Morgan fingerprint density at radius 1 is 1.43 bits per heavy atom. The van der Waals surface area contributed by atoms with Crippen molar-refractivity contribution >= 4 is 5.97 Å². The molecule has 6 heteroatoms. The van der Waals surface area contributed by atoms with Gasteiger partial charge in [-0.25, -0.2) is 19.4 Å².